The van der Waals surface area contributed by atoms with Gasteiger partial charge in [0.1, 0.15) is 0 Å². The van der Waals surface area contributed by atoms with Gasteiger partial charge in [-0.25, -0.2) is 8.42 Å². The number of rotatable bonds is 4. The molecule has 0 atom stereocenters. The van der Waals surface area contributed by atoms with E-state index in [4.69, 9.17) is 8.83 Å². The van der Waals surface area contributed by atoms with Crippen molar-refractivity contribution in [3.05, 3.63) is 48.7 Å². The summed E-state index contributed by atoms with van der Waals surface area (Å²) in [6.45, 7) is 1.51. The van der Waals surface area contributed by atoms with Gasteiger partial charge in [-0.2, -0.15) is 4.98 Å². The fraction of sp³-hybridized carbons (Fsp3) is 0.278. The van der Waals surface area contributed by atoms with Crippen LogP contribution in [0, 0.1) is 0 Å². The lowest BCUT2D eigenvalue weighted by molar-refractivity contribution is 0.483. The number of anilines is 1. The highest BCUT2D eigenvalue weighted by Crippen LogP contribution is 2.35. The van der Waals surface area contributed by atoms with Crippen molar-refractivity contribution in [1.82, 2.24) is 4.98 Å². The lowest BCUT2D eigenvalue weighted by Crippen LogP contribution is -2.30. The molecule has 0 amide bonds. The number of benzene rings is 1. The van der Waals surface area contributed by atoms with E-state index in [-0.39, 0.29) is 15.8 Å². The van der Waals surface area contributed by atoms with Crippen molar-refractivity contribution >= 4 is 15.7 Å². The van der Waals surface area contributed by atoms with Crippen LogP contribution >= 0.6 is 0 Å². The van der Waals surface area contributed by atoms with Crippen LogP contribution in [0.2, 0.25) is 0 Å². The molecule has 0 saturated carbocycles. The zero-order valence-corrected chi connectivity index (χ0v) is 14.4. The summed E-state index contributed by atoms with van der Waals surface area (Å²) >= 11 is 0. The maximum Gasteiger partial charge on any atom is 0.266 e. The van der Waals surface area contributed by atoms with Crippen LogP contribution in [0.4, 0.5) is 5.88 Å². The zero-order valence-electron chi connectivity index (χ0n) is 13.6. The van der Waals surface area contributed by atoms with Crippen molar-refractivity contribution in [1.29, 1.82) is 0 Å². The molecule has 3 aromatic rings. The highest BCUT2D eigenvalue weighted by Gasteiger charge is 2.32. The van der Waals surface area contributed by atoms with Gasteiger partial charge in [0.2, 0.25) is 20.7 Å². The molecule has 0 radical (unpaired) electrons. The summed E-state index contributed by atoms with van der Waals surface area (Å²) in [5, 5.41) is -0.0491. The minimum absolute atomic E-state index is 0.0491. The molecule has 130 valence electrons. The Morgan fingerprint density at radius 1 is 0.960 bits per heavy atom. The van der Waals surface area contributed by atoms with E-state index in [1.807, 2.05) is 4.90 Å². The van der Waals surface area contributed by atoms with Gasteiger partial charge in [-0.15, -0.1) is 0 Å². The third-order valence-electron chi connectivity index (χ3n) is 4.26. The first-order valence-corrected chi connectivity index (χ1v) is 9.74. The average molecular weight is 358 g/mol. The second-order valence-electron chi connectivity index (χ2n) is 5.97. The summed E-state index contributed by atoms with van der Waals surface area (Å²) in [7, 11) is -3.78. The fourth-order valence-electron chi connectivity index (χ4n) is 2.99. The molecule has 0 bridgehead atoms. The van der Waals surface area contributed by atoms with Gasteiger partial charge < -0.3 is 13.7 Å². The molecule has 4 rings (SSSR count). The highest BCUT2D eigenvalue weighted by atomic mass is 32.2. The summed E-state index contributed by atoms with van der Waals surface area (Å²) in [4.78, 5) is 6.44. The molecule has 25 heavy (non-hydrogen) atoms. The Morgan fingerprint density at radius 2 is 1.72 bits per heavy atom. The third-order valence-corrected chi connectivity index (χ3v) is 5.93. The highest BCUT2D eigenvalue weighted by molar-refractivity contribution is 7.91. The summed E-state index contributed by atoms with van der Waals surface area (Å²) in [5.41, 5.74) is 0. The number of sulfone groups is 1. The van der Waals surface area contributed by atoms with Crippen molar-refractivity contribution in [2.24, 2.45) is 0 Å². The molecule has 1 aliphatic rings. The topological polar surface area (TPSA) is 76.5 Å². The second-order valence-corrected chi connectivity index (χ2v) is 7.84. The molecule has 1 aliphatic heterocycles. The van der Waals surface area contributed by atoms with Crippen molar-refractivity contribution in [3.8, 4) is 11.7 Å². The van der Waals surface area contributed by atoms with Gasteiger partial charge in [-0.05, 0) is 43.5 Å². The number of nitrogens with zero attached hydrogens (tertiary/aromatic N) is 2. The lowest BCUT2D eigenvalue weighted by Gasteiger charge is -2.26. The molecule has 1 saturated heterocycles. The van der Waals surface area contributed by atoms with Crippen LogP contribution in [0.15, 0.2) is 67.5 Å². The third kappa shape index (κ3) is 2.95. The molecular formula is C18H18N2O4S. The van der Waals surface area contributed by atoms with E-state index in [2.05, 4.69) is 4.98 Å². The van der Waals surface area contributed by atoms with E-state index in [1.165, 1.54) is 6.26 Å². The fourth-order valence-corrected chi connectivity index (χ4v) is 4.33. The van der Waals surface area contributed by atoms with Gasteiger partial charge in [0.25, 0.3) is 5.89 Å². The van der Waals surface area contributed by atoms with Gasteiger partial charge in [-0.3, -0.25) is 0 Å². The van der Waals surface area contributed by atoms with Crippen LogP contribution < -0.4 is 4.90 Å². The first kappa shape index (κ1) is 16.0. The Hall–Kier alpha value is -2.54. The van der Waals surface area contributed by atoms with Crippen LogP contribution in [-0.4, -0.2) is 26.5 Å². The predicted octanol–water partition coefficient (Wildman–Crippen LogP) is 3.76. The summed E-state index contributed by atoms with van der Waals surface area (Å²) in [6, 6.07) is 11.7. The maximum absolute atomic E-state index is 13.1. The van der Waals surface area contributed by atoms with Crippen molar-refractivity contribution in [2.45, 2.75) is 29.2 Å². The Balaban J connectivity index is 1.85. The normalized spacial score (nSPS) is 15.4. The average Bonchev–Trinajstić information content (AvgIpc) is 3.33. The molecule has 0 spiro atoms. The first-order chi connectivity index (χ1) is 12.2. The number of hydrogen-bond donors (Lipinski definition) is 0. The van der Waals surface area contributed by atoms with E-state index in [1.54, 1.807) is 42.5 Å². The van der Waals surface area contributed by atoms with Crippen LogP contribution in [0.25, 0.3) is 11.7 Å². The molecule has 7 heteroatoms. The number of aromatic nitrogens is 1. The quantitative estimate of drug-likeness (QED) is 0.707. The van der Waals surface area contributed by atoms with Crippen LogP contribution in [0.5, 0.6) is 0 Å². The van der Waals surface area contributed by atoms with E-state index in [9.17, 15) is 8.42 Å². The standard InChI is InChI=1S/C18H18N2O4S/c21-25(22,14-8-3-1-4-9-14)17-18(20-11-5-2-6-12-20)24-16(19-17)15-10-7-13-23-15/h1,3-4,7-10,13H,2,5-6,11-12H2. The number of oxazole rings is 1. The van der Waals surface area contributed by atoms with E-state index in [0.29, 0.717) is 11.6 Å². The molecule has 1 fully saturated rings. The second kappa shape index (κ2) is 6.40. The van der Waals surface area contributed by atoms with Crippen LogP contribution in [-0.2, 0) is 9.84 Å². The zero-order chi connectivity index (χ0) is 17.3. The molecule has 0 unspecified atom stereocenters. The van der Waals surface area contributed by atoms with Gasteiger partial charge >= 0.3 is 0 Å². The minimum Gasteiger partial charge on any atom is -0.459 e. The van der Waals surface area contributed by atoms with E-state index < -0.39 is 9.84 Å². The summed E-state index contributed by atoms with van der Waals surface area (Å²) < 4.78 is 37.4. The smallest absolute Gasteiger partial charge is 0.266 e. The van der Waals surface area contributed by atoms with Crippen molar-refractivity contribution in [3.63, 3.8) is 0 Å². The molecule has 3 heterocycles. The van der Waals surface area contributed by atoms with Crippen LogP contribution in [0.1, 0.15) is 19.3 Å². The molecular weight excluding hydrogens is 340 g/mol. The Bertz CT molecular complexity index is 940. The first-order valence-electron chi connectivity index (χ1n) is 8.26. The summed E-state index contributed by atoms with van der Waals surface area (Å²) in [6.07, 6.45) is 4.64. The van der Waals surface area contributed by atoms with E-state index in [0.717, 1.165) is 32.4 Å². The van der Waals surface area contributed by atoms with Gasteiger partial charge in [0.05, 0.1) is 11.2 Å². The number of furan rings is 1. The van der Waals surface area contributed by atoms with Crippen LogP contribution in [0.3, 0.4) is 0 Å². The molecule has 0 N–H and O–H groups in total. The van der Waals surface area contributed by atoms with Gasteiger partial charge in [0, 0.05) is 13.1 Å². The maximum atomic E-state index is 13.1. The minimum atomic E-state index is -3.78. The van der Waals surface area contributed by atoms with Gasteiger partial charge in [0.15, 0.2) is 5.76 Å². The number of piperidine rings is 1. The van der Waals surface area contributed by atoms with Crippen molar-refractivity contribution in [2.75, 3.05) is 18.0 Å². The molecule has 2 aromatic heterocycles. The van der Waals surface area contributed by atoms with Crippen molar-refractivity contribution < 1.29 is 17.3 Å². The lowest BCUT2D eigenvalue weighted by atomic mass is 10.1. The molecule has 1 aromatic carbocycles. The van der Waals surface area contributed by atoms with Gasteiger partial charge in [-0.1, -0.05) is 18.2 Å². The largest absolute Gasteiger partial charge is 0.459 e. The molecule has 6 nitrogen and oxygen atoms in total. The van der Waals surface area contributed by atoms with E-state index >= 15 is 0 Å². The number of hydrogen-bond acceptors (Lipinski definition) is 6. The Kier molecular flexibility index (Phi) is 4.09. The predicted molar refractivity (Wildman–Crippen MR) is 92.2 cm³/mol. The summed E-state index contributed by atoms with van der Waals surface area (Å²) in [5.74, 6) is 0.891. The Morgan fingerprint density at radius 3 is 2.40 bits per heavy atom. The SMILES string of the molecule is O=S(=O)(c1ccccc1)c1nc(-c2ccco2)oc1N1CCCCC1. The molecule has 0 aliphatic carbocycles. The Labute approximate surface area is 146 Å². The monoisotopic (exact) mass is 358 g/mol.